The Hall–Kier alpha value is -1.52. The Kier molecular flexibility index (Phi) is 4.75. The maximum Gasteiger partial charge on any atom is 0.0934 e. The second kappa shape index (κ2) is 7.00. The van der Waals surface area contributed by atoms with Gasteiger partial charge >= 0.3 is 0 Å². The molecule has 0 bridgehead atoms. The lowest BCUT2D eigenvalue weighted by atomic mass is 9.75. The van der Waals surface area contributed by atoms with Gasteiger partial charge in [-0.05, 0) is 61.1 Å². The van der Waals surface area contributed by atoms with Crippen molar-refractivity contribution >= 4 is 31.9 Å². The van der Waals surface area contributed by atoms with Crippen molar-refractivity contribution in [1.82, 2.24) is 9.97 Å². The van der Waals surface area contributed by atoms with E-state index in [1.54, 1.807) is 0 Å². The molecule has 0 saturated heterocycles. The highest BCUT2D eigenvalue weighted by Gasteiger charge is 2.48. The highest BCUT2D eigenvalue weighted by atomic mass is 79.9. The highest BCUT2D eigenvalue weighted by molar-refractivity contribution is 9.10. The lowest BCUT2D eigenvalue weighted by molar-refractivity contribution is 0.465. The molecule has 0 saturated carbocycles. The minimum absolute atomic E-state index is 0.0737. The van der Waals surface area contributed by atoms with Crippen LogP contribution in [0.3, 0.4) is 0 Å². The molecule has 0 amide bonds. The summed E-state index contributed by atoms with van der Waals surface area (Å²) in [4.78, 5) is 10.9. The molecule has 5 rings (SSSR count). The quantitative estimate of drug-likeness (QED) is 0.343. The molecule has 0 radical (unpaired) electrons. The van der Waals surface area contributed by atoms with Gasteiger partial charge in [0.2, 0.25) is 0 Å². The summed E-state index contributed by atoms with van der Waals surface area (Å²) in [5, 5.41) is 0. The van der Waals surface area contributed by atoms with E-state index in [9.17, 15) is 0 Å². The first-order valence-electron chi connectivity index (χ1n) is 11.0. The van der Waals surface area contributed by atoms with Crippen LogP contribution in [0.15, 0.2) is 45.3 Å². The fourth-order valence-electron chi connectivity index (χ4n) is 5.90. The Balaban J connectivity index is 1.88. The third kappa shape index (κ3) is 2.41. The van der Waals surface area contributed by atoms with Gasteiger partial charge in [0.15, 0.2) is 0 Å². The molecule has 1 heterocycles. The van der Waals surface area contributed by atoms with Gasteiger partial charge in [0.05, 0.1) is 22.8 Å². The molecule has 2 nitrogen and oxygen atoms in total. The number of rotatable bonds is 4. The third-order valence-electron chi connectivity index (χ3n) is 7.72. The Morgan fingerprint density at radius 1 is 0.633 bits per heavy atom. The summed E-state index contributed by atoms with van der Waals surface area (Å²) < 4.78 is 2.25. The summed E-state index contributed by atoms with van der Waals surface area (Å²) in [7, 11) is 0. The predicted octanol–water partition coefficient (Wildman–Crippen LogP) is 8.17. The Morgan fingerprint density at radius 2 is 1.00 bits per heavy atom. The van der Waals surface area contributed by atoms with Crippen molar-refractivity contribution in [2.24, 2.45) is 0 Å². The molecule has 0 spiro atoms. The molecule has 2 aliphatic rings. The predicted molar refractivity (Wildman–Crippen MR) is 131 cm³/mol. The molecule has 0 atom stereocenters. The van der Waals surface area contributed by atoms with Crippen LogP contribution in [0.2, 0.25) is 0 Å². The fourth-order valence-corrected chi connectivity index (χ4v) is 6.62. The minimum atomic E-state index is -0.0737. The van der Waals surface area contributed by atoms with Gasteiger partial charge < -0.3 is 0 Å². The first-order valence-corrected chi connectivity index (χ1v) is 12.6. The van der Waals surface area contributed by atoms with Crippen LogP contribution in [-0.4, -0.2) is 9.97 Å². The smallest absolute Gasteiger partial charge is 0.0934 e. The molecule has 0 unspecified atom stereocenters. The molecule has 30 heavy (non-hydrogen) atoms. The molecule has 0 N–H and O–H groups in total. The summed E-state index contributed by atoms with van der Waals surface area (Å²) in [6.07, 6.45) is 4.08. The number of benzene rings is 2. The van der Waals surface area contributed by atoms with Gasteiger partial charge in [-0.1, -0.05) is 71.7 Å². The van der Waals surface area contributed by atoms with Gasteiger partial charge in [0, 0.05) is 30.9 Å². The van der Waals surface area contributed by atoms with Crippen molar-refractivity contribution in [1.29, 1.82) is 0 Å². The van der Waals surface area contributed by atoms with E-state index in [2.05, 4.69) is 96.0 Å². The number of fused-ring (bicyclic) bond motifs is 6. The molecule has 154 valence electrons. The second-order valence-corrected chi connectivity index (χ2v) is 10.4. The van der Waals surface area contributed by atoms with Gasteiger partial charge in [0.1, 0.15) is 0 Å². The van der Waals surface area contributed by atoms with E-state index in [0.29, 0.717) is 0 Å². The molecule has 0 aliphatic heterocycles. The van der Waals surface area contributed by atoms with E-state index < -0.39 is 0 Å². The highest BCUT2D eigenvalue weighted by Crippen LogP contribution is 2.57. The summed E-state index contributed by atoms with van der Waals surface area (Å²) in [5.74, 6) is 0. The standard InChI is InChI=1S/C26H26Br2N2/c1-5-25(6-2)19-13-15(27)9-11-17(19)21-23(25)29-22-18-12-10-16(28)14-20(18)26(7-3,8-4)24(22)30-21/h9-14H,5-8H2,1-4H3. The summed E-state index contributed by atoms with van der Waals surface area (Å²) in [6, 6.07) is 13.3. The van der Waals surface area contributed by atoms with E-state index in [-0.39, 0.29) is 10.8 Å². The van der Waals surface area contributed by atoms with Crippen LogP contribution < -0.4 is 0 Å². The molecular weight excluding hydrogens is 500 g/mol. The summed E-state index contributed by atoms with van der Waals surface area (Å²) in [5.41, 5.74) is 9.62. The van der Waals surface area contributed by atoms with Crippen LogP contribution >= 0.6 is 31.9 Å². The SMILES string of the molecule is CCC1(CC)c2cc(Br)ccc2-c2nc3c(nc21)-c1ccc(Br)cc1C3(CC)CC. The normalized spacial score (nSPS) is 16.7. The van der Waals surface area contributed by atoms with Gasteiger partial charge in [-0.2, -0.15) is 0 Å². The number of hydrogen-bond acceptors (Lipinski definition) is 2. The zero-order valence-electron chi connectivity index (χ0n) is 17.9. The molecule has 0 fully saturated rings. The van der Waals surface area contributed by atoms with Gasteiger partial charge in [-0.25, -0.2) is 9.97 Å². The van der Waals surface area contributed by atoms with Crippen molar-refractivity contribution in [3.8, 4) is 22.5 Å². The molecular formula is C26H26Br2N2. The molecule has 2 aromatic carbocycles. The Bertz CT molecular complexity index is 1080. The van der Waals surface area contributed by atoms with Crippen molar-refractivity contribution < 1.29 is 0 Å². The average Bonchev–Trinajstić information content (AvgIpc) is 3.18. The van der Waals surface area contributed by atoms with Crippen LogP contribution in [0.25, 0.3) is 22.5 Å². The van der Waals surface area contributed by atoms with Crippen molar-refractivity contribution in [3.63, 3.8) is 0 Å². The fraction of sp³-hybridized carbons (Fsp3) is 0.385. The first kappa shape index (κ1) is 20.4. The number of aromatic nitrogens is 2. The van der Waals surface area contributed by atoms with Crippen LogP contribution in [0.4, 0.5) is 0 Å². The van der Waals surface area contributed by atoms with Gasteiger partial charge in [-0.3, -0.25) is 0 Å². The van der Waals surface area contributed by atoms with E-state index in [0.717, 1.165) is 57.4 Å². The summed E-state index contributed by atoms with van der Waals surface area (Å²) >= 11 is 7.39. The lowest BCUT2D eigenvalue weighted by Gasteiger charge is -2.30. The van der Waals surface area contributed by atoms with Gasteiger partial charge in [-0.15, -0.1) is 0 Å². The minimum Gasteiger partial charge on any atom is -0.248 e. The maximum absolute atomic E-state index is 5.44. The first-order chi connectivity index (χ1) is 14.5. The van der Waals surface area contributed by atoms with Crippen LogP contribution in [0.5, 0.6) is 0 Å². The maximum atomic E-state index is 5.44. The lowest BCUT2D eigenvalue weighted by Crippen LogP contribution is -2.27. The Labute approximate surface area is 195 Å². The van der Waals surface area contributed by atoms with Crippen molar-refractivity contribution in [2.75, 3.05) is 0 Å². The second-order valence-electron chi connectivity index (χ2n) is 8.58. The summed E-state index contributed by atoms with van der Waals surface area (Å²) in [6.45, 7) is 9.13. The number of nitrogens with zero attached hydrogens (tertiary/aromatic N) is 2. The average molecular weight is 526 g/mol. The van der Waals surface area contributed by atoms with Crippen LogP contribution in [0, 0.1) is 0 Å². The zero-order valence-corrected chi connectivity index (χ0v) is 21.1. The third-order valence-corrected chi connectivity index (χ3v) is 8.71. The van der Waals surface area contributed by atoms with Crippen molar-refractivity contribution in [2.45, 2.75) is 64.2 Å². The zero-order chi connectivity index (χ0) is 21.3. The van der Waals surface area contributed by atoms with Gasteiger partial charge in [0.25, 0.3) is 0 Å². The van der Waals surface area contributed by atoms with E-state index in [1.807, 2.05) is 0 Å². The molecule has 3 aromatic rings. The Morgan fingerprint density at radius 3 is 1.33 bits per heavy atom. The van der Waals surface area contributed by atoms with E-state index >= 15 is 0 Å². The number of hydrogen-bond donors (Lipinski definition) is 0. The van der Waals surface area contributed by atoms with E-state index in [4.69, 9.17) is 9.97 Å². The largest absolute Gasteiger partial charge is 0.248 e. The monoisotopic (exact) mass is 524 g/mol. The molecule has 2 aliphatic carbocycles. The molecule has 1 aromatic heterocycles. The van der Waals surface area contributed by atoms with Crippen LogP contribution in [0.1, 0.15) is 75.9 Å². The topological polar surface area (TPSA) is 25.8 Å². The molecule has 4 heteroatoms. The number of halogens is 2. The van der Waals surface area contributed by atoms with E-state index in [1.165, 1.54) is 22.3 Å². The van der Waals surface area contributed by atoms with Crippen LogP contribution in [-0.2, 0) is 10.8 Å². The van der Waals surface area contributed by atoms with Crippen molar-refractivity contribution in [3.05, 3.63) is 67.9 Å².